The van der Waals surface area contributed by atoms with Crippen LogP contribution in [0.5, 0.6) is 0 Å². The fraction of sp³-hybridized carbons (Fsp3) is 0.182. The molecule has 90 valence electrons. The van der Waals surface area contributed by atoms with Crippen molar-refractivity contribution in [2.75, 3.05) is 13.7 Å². The summed E-state index contributed by atoms with van der Waals surface area (Å²) in [6.45, 7) is -0.225. The first-order chi connectivity index (χ1) is 8.13. The second-order valence-corrected chi connectivity index (χ2v) is 3.10. The van der Waals surface area contributed by atoms with Crippen LogP contribution >= 0.6 is 0 Å². The van der Waals surface area contributed by atoms with Crippen LogP contribution in [0.3, 0.4) is 0 Å². The van der Waals surface area contributed by atoms with Crippen molar-refractivity contribution < 1.29 is 14.3 Å². The van der Waals surface area contributed by atoms with E-state index in [4.69, 9.17) is 5.73 Å². The van der Waals surface area contributed by atoms with Gasteiger partial charge in [0.05, 0.1) is 7.11 Å². The van der Waals surface area contributed by atoms with Gasteiger partial charge in [-0.05, 0) is 12.1 Å². The van der Waals surface area contributed by atoms with E-state index in [9.17, 15) is 9.59 Å². The largest absolute Gasteiger partial charge is 0.468 e. The molecule has 0 saturated carbocycles. The predicted molar refractivity (Wildman–Crippen MR) is 62.4 cm³/mol. The number of nitrogens with two attached hydrogens (primary N) is 1. The van der Waals surface area contributed by atoms with Crippen LogP contribution in [0.1, 0.15) is 10.4 Å². The maximum Gasteiger partial charge on any atom is 0.327 e. The van der Waals surface area contributed by atoms with E-state index in [1.807, 2.05) is 0 Å². The molecule has 0 atom stereocenters. The van der Waals surface area contributed by atoms with Gasteiger partial charge in [-0.3, -0.25) is 14.9 Å². The lowest BCUT2D eigenvalue weighted by Gasteiger charge is -2.03. The van der Waals surface area contributed by atoms with Crippen molar-refractivity contribution in [3.8, 4) is 0 Å². The molecule has 0 spiro atoms. The summed E-state index contributed by atoms with van der Waals surface area (Å²) >= 11 is 0. The summed E-state index contributed by atoms with van der Waals surface area (Å²) in [4.78, 5) is 26.0. The van der Waals surface area contributed by atoms with Gasteiger partial charge in [-0.15, -0.1) is 0 Å². The van der Waals surface area contributed by atoms with E-state index in [0.29, 0.717) is 5.56 Å². The van der Waals surface area contributed by atoms with Crippen LogP contribution in [0.4, 0.5) is 0 Å². The highest BCUT2D eigenvalue weighted by Crippen LogP contribution is 1.97. The van der Waals surface area contributed by atoms with Gasteiger partial charge in [0, 0.05) is 5.56 Å². The van der Waals surface area contributed by atoms with Crippen molar-refractivity contribution in [1.29, 1.82) is 0 Å². The predicted octanol–water partition coefficient (Wildman–Crippen LogP) is -0.0959. The zero-order valence-corrected chi connectivity index (χ0v) is 9.34. The Bertz CT molecular complexity index is 429. The molecule has 6 heteroatoms. The molecule has 0 unspecified atom stereocenters. The minimum atomic E-state index is -0.526. The molecule has 0 bridgehead atoms. The Labute approximate surface area is 98.5 Å². The van der Waals surface area contributed by atoms with Crippen LogP contribution in [0, 0.1) is 0 Å². The number of nitrogens with one attached hydrogen (secondary N) is 1. The molecule has 0 aromatic heterocycles. The van der Waals surface area contributed by atoms with Gasteiger partial charge in [0.15, 0.2) is 5.96 Å². The standard InChI is InChI=1S/C11H13N3O3/c1-17-9(15)7-13-11(12)14-10(16)8-5-3-2-4-6-8/h2-6H,7H2,1H3,(H3,12,13,14,16). The van der Waals surface area contributed by atoms with E-state index in [2.05, 4.69) is 15.0 Å². The fourth-order valence-corrected chi connectivity index (χ4v) is 1.03. The van der Waals surface area contributed by atoms with Gasteiger partial charge >= 0.3 is 5.97 Å². The molecule has 0 radical (unpaired) electrons. The first-order valence-corrected chi connectivity index (χ1v) is 4.86. The summed E-state index contributed by atoms with van der Waals surface area (Å²) in [5, 5.41) is 2.36. The number of esters is 1. The average molecular weight is 235 g/mol. The Morgan fingerprint density at radius 3 is 2.59 bits per heavy atom. The summed E-state index contributed by atoms with van der Waals surface area (Å²) < 4.78 is 4.38. The van der Waals surface area contributed by atoms with Crippen LogP contribution in [0.15, 0.2) is 35.3 Å². The SMILES string of the molecule is COC(=O)CN=C(N)NC(=O)c1ccccc1. The number of benzene rings is 1. The first kappa shape index (κ1) is 12.7. The minimum absolute atomic E-state index is 0.121. The van der Waals surface area contributed by atoms with E-state index >= 15 is 0 Å². The molecular formula is C11H13N3O3. The van der Waals surface area contributed by atoms with Gasteiger partial charge in [0.25, 0.3) is 5.91 Å². The van der Waals surface area contributed by atoms with Crippen molar-refractivity contribution in [3.05, 3.63) is 35.9 Å². The molecule has 0 aliphatic carbocycles. The number of aliphatic imine (C=N–C) groups is 1. The van der Waals surface area contributed by atoms with Gasteiger partial charge in [-0.25, -0.2) is 4.99 Å². The lowest BCUT2D eigenvalue weighted by Crippen LogP contribution is -2.37. The van der Waals surface area contributed by atoms with Crippen molar-refractivity contribution in [1.82, 2.24) is 5.32 Å². The molecule has 0 fully saturated rings. The van der Waals surface area contributed by atoms with Crippen molar-refractivity contribution in [2.45, 2.75) is 0 Å². The quantitative estimate of drug-likeness (QED) is 0.434. The topological polar surface area (TPSA) is 93.8 Å². The van der Waals surface area contributed by atoms with Gasteiger partial charge in [0.1, 0.15) is 6.54 Å². The maximum atomic E-state index is 11.6. The highest BCUT2D eigenvalue weighted by atomic mass is 16.5. The maximum absolute atomic E-state index is 11.6. The molecule has 0 aliphatic rings. The van der Waals surface area contributed by atoms with Crippen molar-refractivity contribution >= 4 is 17.8 Å². The number of nitrogens with zero attached hydrogens (tertiary/aromatic N) is 1. The van der Waals surface area contributed by atoms with E-state index in [-0.39, 0.29) is 18.4 Å². The van der Waals surface area contributed by atoms with Crippen LogP contribution in [-0.4, -0.2) is 31.5 Å². The zero-order chi connectivity index (χ0) is 12.7. The molecular weight excluding hydrogens is 222 g/mol. The number of methoxy groups -OCH3 is 1. The van der Waals surface area contributed by atoms with E-state index in [0.717, 1.165) is 0 Å². The lowest BCUT2D eigenvalue weighted by molar-refractivity contribution is -0.138. The van der Waals surface area contributed by atoms with E-state index < -0.39 is 5.97 Å². The molecule has 1 rings (SSSR count). The number of ether oxygens (including phenoxy) is 1. The highest BCUT2D eigenvalue weighted by molar-refractivity contribution is 6.05. The zero-order valence-electron chi connectivity index (χ0n) is 9.34. The summed E-state index contributed by atoms with van der Waals surface area (Å²) in [5.41, 5.74) is 5.89. The Morgan fingerprint density at radius 1 is 1.35 bits per heavy atom. The van der Waals surface area contributed by atoms with Gasteiger partial charge in [-0.1, -0.05) is 18.2 Å². The molecule has 1 amide bonds. The second kappa shape index (κ2) is 6.26. The second-order valence-electron chi connectivity index (χ2n) is 3.10. The van der Waals surface area contributed by atoms with Gasteiger partial charge in [0.2, 0.25) is 0 Å². The van der Waals surface area contributed by atoms with Crippen molar-refractivity contribution in [3.63, 3.8) is 0 Å². The third-order valence-corrected chi connectivity index (χ3v) is 1.88. The van der Waals surface area contributed by atoms with Crippen LogP contribution in [-0.2, 0) is 9.53 Å². The smallest absolute Gasteiger partial charge is 0.327 e. The normalized spacial score (nSPS) is 10.8. The molecule has 0 saturated heterocycles. The Morgan fingerprint density at radius 2 is 2.00 bits per heavy atom. The van der Waals surface area contributed by atoms with Crippen molar-refractivity contribution in [2.24, 2.45) is 10.7 Å². The third kappa shape index (κ3) is 4.33. The van der Waals surface area contributed by atoms with E-state index in [1.54, 1.807) is 30.3 Å². The third-order valence-electron chi connectivity index (χ3n) is 1.88. The number of guanidine groups is 1. The number of carbonyl (C=O) groups excluding carboxylic acids is 2. The fourth-order valence-electron chi connectivity index (χ4n) is 1.03. The summed E-state index contributed by atoms with van der Waals surface area (Å²) in [7, 11) is 1.25. The first-order valence-electron chi connectivity index (χ1n) is 4.86. The minimum Gasteiger partial charge on any atom is -0.468 e. The highest BCUT2D eigenvalue weighted by Gasteiger charge is 2.06. The molecule has 1 aromatic carbocycles. The summed E-state index contributed by atoms with van der Waals surface area (Å²) in [6.07, 6.45) is 0. The van der Waals surface area contributed by atoms with Gasteiger partial charge < -0.3 is 10.5 Å². The van der Waals surface area contributed by atoms with Crippen LogP contribution < -0.4 is 11.1 Å². The Kier molecular flexibility index (Phi) is 4.68. The molecule has 0 heterocycles. The molecule has 6 nitrogen and oxygen atoms in total. The van der Waals surface area contributed by atoms with E-state index in [1.165, 1.54) is 7.11 Å². The monoisotopic (exact) mass is 235 g/mol. The van der Waals surface area contributed by atoms with Crippen LogP contribution in [0.25, 0.3) is 0 Å². The number of carbonyl (C=O) groups is 2. The average Bonchev–Trinajstić information content (AvgIpc) is 2.36. The molecule has 0 aliphatic heterocycles. The van der Waals surface area contributed by atoms with Crippen LogP contribution in [0.2, 0.25) is 0 Å². The molecule has 3 N–H and O–H groups in total. The summed E-state index contributed by atoms with van der Waals surface area (Å²) in [5.74, 6) is -1.03. The van der Waals surface area contributed by atoms with Gasteiger partial charge in [-0.2, -0.15) is 0 Å². The molecule has 1 aromatic rings. The number of amides is 1. The number of hydrogen-bond acceptors (Lipinski definition) is 4. The number of rotatable bonds is 3. The Balaban J connectivity index is 2.54. The summed E-state index contributed by atoms with van der Waals surface area (Å²) in [6, 6.07) is 8.55. The Hall–Kier alpha value is -2.37. The molecule has 17 heavy (non-hydrogen) atoms. The lowest BCUT2D eigenvalue weighted by atomic mass is 10.2. The number of hydrogen-bond donors (Lipinski definition) is 2.